The van der Waals surface area contributed by atoms with Crippen LogP contribution in [0.5, 0.6) is 0 Å². The third-order valence-corrected chi connectivity index (χ3v) is 4.57. The van der Waals surface area contributed by atoms with E-state index >= 15 is 0 Å². The highest BCUT2D eigenvalue weighted by Gasteiger charge is 2.10. The Kier molecular flexibility index (Phi) is 4.11. The van der Waals surface area contributed by atoms with Gasteiger partial charge in [-0.3, -0.25) is 0 Å². The summed E-state index contributed by atoms with van der Waals surface area (Å²) in [6.45, 7) is 4.70. The van der Waals surface area contributed by atoms with E-state index in [9.17, 15) is 4.79 Å². The van der Waals surface area contributed by atoms with Crippen LogP contribution in [0.15, 0.2) is 16.8 Å². The van der Waals surface area contributed by atoms with Gasteiger partial charge in [-0.25, -0.2) is 9.78 Å². The lowest BCUT2D eigenvalue weighted by Gasteiger charge is -2.09. The van der Waals surface area contributed by atoms with Gasteiger partial charge in [0, 0.05) is 27.9 Å². The Bertz CT molecular complexity index is 548. The number of aromatic nitrogens is 1. The van der Waals surface area contributed by atoms with Gasteiger partial charge in [-0.15, -0.1) is 22.7 Å². The lowest BCUT2D eigenvalue weighted by molar-refractivity contribution is 0.0697. The fourth-order valence-electron chi connectivity index (χ4n) is 1.50. The molecule has 0 aliphatic heterocycles. The van der Waals surface area contributed by atoms with Crippen molar-refractivity contribution in [1.82, 2.24) is 10.3 Å². The molecule has 0 radical (unpaired) electrons. The summed E-state index contributed by atoms with van der Waals surface area (Å²) in [5.41, 5.74) is 1.39. The molecule has 0 saturated carbocycles. The van der Waals surface area contributed by atoms with Gasteiger partial charge in [-0.05, 0) is 19.9 Å². The number of aryl methyl sites for hydroxylation is 1. The molecule has 2 aromatic rings. The molecule has 4 nitrogen and oxygen atoms in total. The maximum atomic E-state index is 10.8. The molecule has 0 bridgehead atoms. The number of carboxylic acids is 1. The minimum absolute atomic E-state index is 0.180. The second-order valence-electron chi connectivity index (χ2n) is 4.04. The number of carboxylic acid groups (broad SMARTS) is 1. The van der Waals surface area contributed by atoms with Crippen LogP contribution < -0.4 is 5.32 Å². The lowest BCUT2D eigenvalue weighted by Crippen LogP contribution is -2.17. The van der Waals surface area contributed by atoms with E-state index < -0.39 is 5.97 Å². The highest BCUT2D eigenvalue weighted by Crippen LogP contribution is 2.19. The van der Waals surface area contributed by atoms with Gasteiger partial charge in [0.2, 0.25) is 0 Å². The SMILES string of the molecule is Cc1csc(C(C)NCc2cc(C(=O)O)cs2)n1. The van der Waals surface area contributed by atoms with Gasteiger partial charge in [0.05, 0.1) is 11.6 Å². The Hall–Kier alpha value is -1.24. The smallest absolute Gasteiger partial charge is 0.336 e. The second kappa shape index (κ2) is 5.60. The zero-order chi connectivity index (χ0) is 13.1. The van der Waals surface area contributed by atoms with Crippen LogP contribution in [0.1, 0.15) is 38.9 Å². The average Bonchev–Trinajstić information content (AvgIpc) is 2.94. The molecule has 0 aliphatic rings. The number of carbonyl (C=O) groups is 1. The lowest BCUT2D eigenvalue weighted by atomic mass is 10.3. The van der Waals surface area contributed by atoms with Crippen molar-refractivity contribution in [2.45, 2.75) is 26.4 Å². The normalized spacial score (nSPS) is 12.6. The third-order valence-electron chi connectivity index (χ3n) is 2.49. The maximum Gasteiger partial charge on any atom is 0.336 e. The van der Waals surface area contributed by atoms with Gasteiger partial charge in [-0.1, -0.05) is 0 Å². The summed E-state index contributed by atoms with van der Waals surface area (Å²) in [6.07, 6.45) is 0. The summed E-state index contributed by atoms with van der Waals surface area (Å²) in [7, 11) is 0. The first-order chi connectivity index (χ1) is 8.56. The maximum absolute atomic E-state index is 10.8. The molecule has 18 heavy (non-hydrogen) atoms. The van der Waals surface area contributed by atoms with Crippen LogP contribution in [0.4, 0.5) is 0 Å². The molecular weight excluding hydrogens is 268 g/mol. The van der Waals surface area contributed by atoms with E-state index in [1.807, 2.05) is 12.3 Å². The first-order valence-electron chi connectivity index (χ1n) is 5.52. The number of hydrogen-bond acceptors (Lipinski definition) is 5. The van der Waals surface area contributed by atoms with Crippen molar-refractivity contribution < 1.29 is 9.90 Å². The molecule has 0 amide bonds. The second-order valence-corrected chi connectivity index (χ2v) is 5.92. The zero-order valence-electron chi connectivity index (χ0n) is 10.1. The molecule has 0 aliphatic carbocycles. The van der Waals surface area contributed by atoms with Crippen molar-refractivity contribution in [1.29, 1.82) is 0 Å². The number of hydrogen-bond donors (Lipinski definition) is 2. The van der Waals surface area contributed by atoms with Crippen molar-refractivity contribution in [3.63, 3.8) is 0 Å². The molecule has 0 saturated heterocycles. The molecule has 1 unspecified atom stereocenters. The molecule has 2 N–H and O–H groups in total. The van der Waals surface area contributed by atoms with Crippen LogP contribution in [0.25, 0.3) is 0 Å². The minimum Gasteiger partial charge on any atom is -0.478 e. The molecule has 0 fully saturated rings. The summed E-state index contributed by atoms with van der Waals surface area (Å²) in [5, 5.41) is 16.9. The third kappa shape index (κ3) is 3.16. The first kappa shape index (κ1) is 13.2. The Balaban J connectivity index is 1.92. The number of thiophene rings is 1. The monoisotopic (exact) mass is 282 g/mol. The van der Waals surface area contributed by atoms with Gasteiger partial charge in [0.1, 0.15) is 5.01 Å². The number of thiazole rings is 1. The fraction of sp³-hybridized carbons (Fsp3) is 0.333. The van der Waals surface area contributed by atoms with E-state index in [0.717, 1.165) is 15.6 Å². The molecule has 6 heteroatoms. The summed E-state index contributed by atoms with van der Waals surface area (Å²) in [4.78, 5) is 16.2. The molecule has 2 rings (SSSR count). The highest BCUT2D eigenvalue weighted by molar-refractivity contribution is 7.10. The highest BCUT2D eigenvalue weighted by atomic mass is 32.1. The van der Waals surface area contributed by atoms with Gasteiger partial charge in [-0.2, -0.15) is 0 Å². The van der Waals surface area contributed by atoms with E-state index in [1.54, 1.807) is 22.8 Å². The Labute approximate surface area is 113 Å². The van der Waals surface area contributed by atoms with E-state index in [-0.39, 0.29) is 6.04 Å². The van der Waals surface area contributed by atoms with Gasteiger partial charge >= 0.3 is 5.97 Å². The molecule has 0 spiro atoms. The predicted molar refractivity (Wildman–Crippen MR) is 73.4 cm³/mol. The Morgan fingerprint density at radius 1 is 1.50 bits per heavy atom. The van der Waals surface area contributed by atoms with Crippen molar-refractivity contribution in [2.24, 2.45) is 0 Å². The van der Waals surface area contributed by atoms with E-state index in [0.29, 0.717) is 12.1 Å². The topological polar surface area (TPSA) is 62.2 Å². The largest absolute Gasteiger partial charge is 0.478 e. The van der Waals surface area contributed by atoms with E-state index in [2.05, 4.69) is 17.2 Å². The summed E-state index contributed by atoms with van der Waals surface area (Å²) in [6, 6.07) is 1.89. The number of aromatic carboxylic acids is 1. The number of nitrogens with zero attached hydrogens (tertiary/aromatic N) is 1. The number of rotatable bonds is 5. The number of nitrogens with one attached hydrogen (secondary N) is 1. The van der Waals surface area contributed by atoms with E-state index in [1.165, 1.54) is 11.3 Å². The zero-order valence-corrected chi connectivity index (χ0v) is 11.8. The van der Waals surface area contributed by atoms with Crippen LogP contribution in [0.2, 0.25) is 0 Å². The quantitative estimate of drug-likeness (QED) is 0.884. The summed E-state index contributed by atoms with van der Waals surface area (Å²) < 4.78 is 0. The van der Waals surface area contributed by atoms with Crippen LogP contribution in [-0.2, 0) is 6.54 Å². The van der Waals surface area contributed by atoms with Crippen molar-refractivity contribution in [3.05, 3.63) is 38.0 Å². The standard InChI is InChI=1S/C12H14N2O2S2/c1-7-5-18-11(14-7)8(2)13-4-10-3-9(6-17-10)12(15)16/h3,5-6,8,13H,4H2,1-2H3,(H,15,16). The van der Waals surface area contributed by atoms with Crippen molar-refractivity contribution in [2.75, 3.05) is 0 Å². The summed E-state index contributed by atoms with van der Waals surface area (Å²) in [5.74, 6) is -0.874. The molecule has 2 heterocycles. The molecular formula is C12H14N2O2S2. The Morgan fingerprint density at radius 3 is 2.83 bits per heavy atom. The predicted octanol–water partition coefficient (Wildman–Crippen LogP) is 3.06. The Morgan fingerprint density at radius 2 is 2.28 bits per heavy atom. The van der Waals surface area contributed by atoms with Crippen LogP contribution >= 0.6 is 22.7 Å². The van der Waals surface area contributed by atoms with Crippen molar-refractivity contribution >= 4 is 28.6 Å². The van der Waals surface area contributed by atoms with Gasteiger partial charge in [0.25, 0.3) is 0 Å². The fourth-order valence-corrected chi connectivity index (χ4v) is 3.13. The molecule has 1 atom stereocenters. The van der Waals surface area contributed by atoms with Crippen molar-refractivity contribution in [3.8, 4) is 0 Å². The first-order valence-corrected chi connectivity index (χ1v) is 7.28. The van der Waals surface area contributed by atoms with Crippen LogP contribution in [0.3, 0.4) is 0 Å². The molecule has 2 aromatic heterocycles. The van der Waals surface area contributed by atoms with Gasteiger partial charge in [0.15, 0.2) is 0 Å². The minimum atomic E-state index is -0.874. The van der Waals surface area contributed by atoms with Crippen LogP contribution in [-0.4, -0.2) is 16.1 Å². The van der Waals surface area contributed by atoms with E-state index in [4.69, 9.17) is 5.11 Å². The average molecular weight is 282 g/mol. The van der Waals surface area contributed by atoms with Crippen LogP contribution in [0, 0.1) is 6.92 Å². The molecule has 0 aromatic carbocycles. The van der Waals surface area contributed by atoms with Gasteiger partial charge < -0.3 is 10.4 Å². The molecule has 96 valence electrons. The summed E-state index contributed by atoms with van der Waals surface area (Å²) >= 11 is 3.10.